The first-order valence-corrected chi connectivity index (χ1v) is 17.5. The number of unbranched alkanes of at least 4 members (excludes halogenated alkanes) is 18. The van der Waals surface area contributed by atoms with Gasteiger partial charge in [0.2, 0.25) is 0 Å². The van der Waals surface area contributed by atoms with Crippen LogP contribution in [0.25, 0.3) is 0 Å². The van der Waals surface area contributed by atoms with E-state index < -0.39 is 28.9 Å². The van der Waals surface area contributed by atoms with E-state index in [9.17, 15) is 18.9 Å². The monoisotopic (exact) mass is 556 g/mol. The van der Waals surface area contributed by atoms with Crippen molar-refractivity contribution in [3.8, 4) is 0 Å². The Morgan fingerprint density at radius 3 is 0.889 bits per heavy atom. The molecular formula is C26H54O8P2-2. The number of hydrogen-bond acceptors (Lipinski definition) is 8. The normalized spacial score (nSPS) is 15.1. The number of phosphoric ester groups is 2. The van der Waals surface area contributed by atoms with Crippen LogP contribution in [0.3, 0.4) is 0 Å². The summed E-state index contributed by atoms with van der Waals surface area (Å²) in [5, 5.41) is 0. The fourth-order valence-electron chi connectivity index (χ4n) is 3.90. The Labute approximate surface area is 221 Å². The summed E-state index contributed by atoms with van der Waals surface area (Å²) < 4.78 is 42.5. The lowest BCUT2D eigenvalue weighted by molar-refractivity contribution is -0.233. The third kappa shape index (κ3) is 27.3. The zero-order valence-electron chi connectivity index (χ0n) is 23.1. The summed E-state index contributed by atoms with van der Waals surface area (Å²) in [4.78, 5) is 23.5. The van der Waals surface area contributed by atoms with Gasteiger partial charge >= 0.3 is 0 Å². The molecule has 0 amide bonds. The van der Waals surface area contributed by atoms with Crippen molar-refractivity contribution in [3.05, 3.63) is 0 Å². The molecule has 0 radical (unpaired) electrons. The first-order valence-electron chi connectivity index (χ1n) is 14.5. The first-order chi connectivity index (χ1) is 17.3. The van der Waals surface area contributed by atoms with Gasteiger partial charge in [0.25, 0.3) is 15.6 Å². The van der Waals surface area contributed by atoms with Gasteiger partial charge in [-0.05, 0) is 12.8 Å². The van der Waals surface area contributed by atoms with E-state index in [1.165, 1.54) is 77.0 Å². The minimum Gasteiger partial charge on any atom is -0.756 e. The lowest BCUT2D eigenvalue weighted by Crippen LogP contribution is -2.15. The number of hydrogen-bond donors (Lipinski definition) is 0. The predicted octanol–water partition coefficient (Wildman–Crippen LogP) is 7.83. The van der Waals surface area contributed by atoms with E-state index in [0.29, 0.717) is 12.8 Å². The molecule has 2 atom stereocenters. The molecule has 0 saturated carbocycles. The van der Waals surface area contributed by atoms with E-state index in [1.54, 1.807) is 0 Å². The van der Waals surface area contributed by atoms with Crippen molar-refractivity contribution in [2.75, 3.05) is 26.4 Å². The Hall–Kier alpha value is 0.220. The molecule has 0 aliphatic rings. The van der Waals surface area contributed by atoms with Crippen LogP contribution in [0.4, 0.5) is 0 Å². The first kappa shape index (κ1) is 36.2. The second-order valence-corrected chi connectivity index (χ2v) is 12.4. The molecule has 0 bridgehead atoms. The molecule has 0 N–H and O–H groups in total. The van der Waals surface area contributed by atoms with Crippen LogP contribution < -0.4 is 9.79 Å². The summed E-state index contributed by atoms with van der Waals surface area (Å²) in [5.41, 5.74) is 0. The Balaban J connectivity index is 3.57. The summed E-state index contributed by atoms with van der Waals surface area (Å²) in [6.45, 7) is 3.68. The van der Waals surface area contributed by atoms with Gasteiger partial charge in [-0.3, -0.25) is 9.13 Å². The Kier molecular flexibility index (Phi) is 25.7. The summed E-state index contributed by atoms with van der Waals surface area (Å²) in [6, 6.07) is 0. The highest BCUT2D eigenvalue weighted by Gasteiger charge is 2.12. The van der Waals surface area contributed by atoms with Crippen LogP contribution in [0.15, 0.2) is 0 Å². The predicted molar refractivity (Wildman–Crippen MR) is 143 cm³/mol. The van der Waals surface area contributed by atoms with E-state index in [4.69, 9.17) is 9.05 Å². The van der Waals surface area contributed by atoms with Crippen molar-refractivity contribution in [1.29, 1.82) is 0 Å². The molecule has 0 aromatic rings. The van der Waals surface area contributed by atoms with Gasteiger partial charge in [-0.2, -0.15) is 0 Å². The summed E-state index contributed by atoms with van der Waals surface area (Å²) >= 11 is 0. The van der Waals surface area contributed by atoms with Crippen LogP contribution in [-0.4, -0.2) is 26.4 Å². The maximum Gasteiger partial charge on any atom is 0.267 e. The molecule has 0 aromatic carbocycles. The average Bonchev–Trinajstić information content (AvgIpc) is 2.84. The van der Waals surface area contributed by atoms with Crippen molar-refractivity contribution in [3.63, 3.8) is 0 Å². The summed E-state index contributed by atoms with van der Waals surface area (Å²) in [6.07, 6.45) is 22.9. The fourth-order valence-corrected chi connectivity index (χ4v) is 5.36. The third-order valence-corrected chi connectivity index (χ3v) is 8.07. The topological polar surface area (TPSA) is 117 Å². The van der Waals surface area contributed by atoms with Crippen LogP contribution in [0.1, 0.15) is 142 Å². The lowest BCUT2D eigenvalue weighted by Gasteiger charge is -2.25. The van der Waals surface area contributed by atoms with Gasteiger partial charge in [-0.25, -0.2) is 0 Å². The largest absolute Gasteiger partial charge is 0.756 e. The SMILES string of the molecule is CCCCCCCCCCCCOP(=O)([O-])OCCOP(=O)([O-])OCCCCCCCCCCCC. The van der Waals surface area contributed by atoms with Crippen LogP contribution in [0.2, 0.25) is 0 Å². The maximum atomic E-state index is 11.7. The Morgan fingerprint density at radius 1 is 0.389 bits per heavy atom. The fraction of sp³-hybridized carbons (Fsp3) is 1.00. The van der Waals surface area contributed by atoms with E-state index in [1.807, 2.05) is 0 Å². The zero-order chi connectivity index (χ0) is 26.8. The quantitative estimate of drug-likeness (QED) is 0.0676. The maximum absolute atomic E-state index is 11.7. The smallest absolute Gasteiger partial charge is 0.267 e. The minimum atomic E-state index is -4.46. The Morgan fingerprint density at radius 2 is 0.611 bits per heavy atom. The molecule has 0 heterocycles. The van der Waals surface area contributed by atoms with Crippen LogP contribution in [-0.2, 0) is 27.2 Å². The second kappa shape index (κ2) is 25.5. The standard InChI is InChI=1S/C26H56O8P2/c1-3-5-7-9-11-13-15-17-19-21-23-31-35(27,28)33-25-26-34-36(29,30)32-24-22-20-18-16-14-12-10-8-6-4-2/h3-26H2,1-2H3,(H,27,28)(H,29,30)/p-2. The van der Waals surface area contributed by atoms with Gasteiger partial charge in [0.05, 0.1) is 26.4 Å². The highest BCUT2D eigenvalue weighted by atomic mass is 31.2. The number of rotatable bonds is 29. The average molecular weight is 557 g/mol. The van der Waals surface area contributed by atoms with Crippen molar-refractivity contribution in [2.24, 2.45) is 0 Å². The molecule has 0 fully saturated rings. The molecule has 0 saturated heterocycles. The zero-order valence-corrected chi connectivity index (χ0v) is 24.9. The highest BCUT2D eigenvalue weighted by Crippen LogP contribution is 2.41. The van der Waals surface area contributed by atoms with E-state index in [0.717, 1.165) is 38.5 Å². The van der Waals surface area contributed by atoms with Crippen molar-refractivity contribution in [2.45, 2.75) is 142 Å². The molecule has 8 nitrogen and oxygen atoms in total. The van der Waals surface area contributed by atoms with Crippen molar-refractivity contribution < 1.29 is 37.0 Å². The molecule has 2 unspecified atom stereocenters. The lowest BCUT2D eigenvalue weighted by atomic mass is 10.1. The van der Waals surface area contributed by atoms with Crippen LogP contribution in [0, 0.1) is 0 Å². The van der Waals surface area contributed by atoms with Crippen LogP contribution >= 0.6 is 15.6 Å². The Bertz CT molecular complexity index is 514. The highest BCUT2D eigenvalue weighted by molar-refractivity contribution is 7.46. The number of phosphoric acid groups is 2. The molecule has 36 heavy (non-hydrogen) atoms. The summed E-state index contributed by atoms with van der Waals surface area (Å²) in [5.74, 6) is 0. The molecule has 0 aliphatic heterocycles. The van der Waals surface area contributed by atoms with Gasteiger partial charge in [-0.1, -0.05) is 129 Å². The second-order valence-electron chi connectivity index (χ2n) is 9.59. The van der Waals surface area contributed by atoms with Gasteiger partial charge in [-0.15, -0.1) is 0 Å². The van der Waals surface area contributed by atoms with Crippen LogP contribution in [0.5, 0.6) is 0 Å². The molecule has 0 aromatic heterocycles. The molecular weight excluding hydrogens is 502 g/mol. The molecule has 218 valence electrons. The van der Waals surface area contributed by atoms with E-state index in [2.05, 4.69) is 22.9 Å². The van der Waals surface area contributed by atoms with E-state index in [-0.39, 0.29) is 13.2 Å². The van der Waals surface area contributed by atoms with Gasteiger partial charge < -0.3 is 27.9 Å². The molecule has 0 spiro atoms. The minimum absolute atomic E-state index is 0.0696. The van der Waals surface area contributed by atoms with Gasteiger partial charge in [0.1, 0.15) is 0 Å². The van der Waals surface area contributed by atoms with Gasteiger partial charge in [0, 0.05) is 0 Å². The molecule has 0 rings (SSSR count). The van der Waals surface area contributed by atoms with Crippen molar-refractivity contribution >= 4 is 15.6 Å². The van der Waals surface area contributed by atoms with E-state index >= 15 is 0 Å². The molecule has 0 aliphatic carbocycles. The van der Waals surface area contributed by atoms with Crippen molar-refractivity contribution in [1.82, 2.24) is 0 Å². The van der Waals surface area contributed by atoms with Gasteiger partial charge in [0.15, 0.2) is 0 Å². The third-order valence-electron chi connectivity index (χ3n) is 6.08. The summed E-state index contributed by atoms with van der Waals surface area (Å²) in [7, 11) is -8.92. The molecule has 10 heteroatoms.